The summed E-state index contributed by atoms with van der Waals surface area (Å²) in [6, 6.07) is 12.2. The van der Waals surface area contributed by atoms with Gasteiger partial charge in [-0.3, -0.25) is 9.59 Å². The molecule has 3 rings (SSSR count). The number of carbonyl (C=O) groups excluding carboxylic acids is 2. The molecule has 1 aliphatic heterocycles. The molecule has 2 aromatic rings. The van der Waals surface area contributed by atoms with Gasteiger partial charge in [0.1, 0.15) is 5.82 Å². The van der Waals surface area contributed by atoms with E-state index in [2.05, 4.69) is 46.4 Å². The molecule has 2 heterocycles. The van der Waals surface area contributed by atoms with Crippen LogP contribution in [0.15, 0.2) is 42.6 Å². The lowest BCUT2D eigenvalue weighted by Crippen LogP contribution is -2.38. The van der Waals surface area contributed by atoms with E-state index >= 15 is 0 Å². The number of pyridine rings is 1. The maximum Gasteiger partial charge on any atom is 0.217 e. The van der Waals surface area contributed by atoms with E-state index in [0.717, 1.165) is 12.4 Å². The van der Waals surface area contributed by atoms with E-state index in [1.807, 2.05) is 6.07 Å². The highest BCUT2D eigenvalue weighted by molar-refractivity contribution is 5.93. The van der Waals surface area contributed by atoms with Gasteiger partial charge < -0.3 is 10.2 Å². The van der Waals surface area contributed by atoms with E-state index in [-0.39, 0.29) is 23.7 Å². The number of nitrogens with one attached hydrogen (secondary N) is 1. The highest BCUT2D eigenvalue weighted by Gasteiger charge is 2.35. The first-order valence-electron chi connectivity index (χ1n) is 8.49. The smallest absolute Gasteiger partial charge is 0.217 e. The second-order valence-electron chi connectivity index (χ2n) is 6.69. The molecule has 0 saturated carbocycles. The fourth-order valence-electron chi connectivity index (χ4n) is 3.33. The number of hydrogen-bond donors (Lipinski definition) is 1. The summed E-state index contributed by atoms with van der Waals surface area (Å²) in [5, 5.41) is 3.07. The minimum Gasteiger partial charge on any atom is -0.354 e. The van der Waals surface area contributed by atoms with Gasteiger partial charge in [0.05, 0.1) is 6.04 Å². The fraction of sp³-hybridized carbons (Fsp3) is 0.350. The number of ketones is 1. The Morgan fingerprint density at radius 3 is 2.36 bits per heavy atom. The minimum absolute atomic E-state index is 0.00845. The van der Waals surface area contributed by atoms with Gasteiger partial charge in [0.25, 0.3) is 0 Å². The molecule has 1 N–H and O–H groups in total. The molecule has 0 bridgehead atoms. The Hall–Kier alpha value is -2.69. The molecule has 2 atom stereocenters. The number of amides is 1. The largest absolute Gasteiger partial charge is 0.354 e. The molecule has 0 radical (unpaired) electrons. The van der Waals surface area contributed by atoms with E-state index in [9.17, 15) is 9.59 Å². The van der Waals surface area contributed by atoms with Crippen LogP contribution < -0.4 is 10.2 Å². The van der Waals surface area contributed by atoms with E-state index < -0.39 is 0 Å². The van der Waals surface area contributed by atoms with Gasteiger partial charge in [-0.25, -0.2) is 4.98 Å². The number of aryl methyl sites for hydroxylation is 1. The SMILES string of the molecule is CC(=O)N[C@@H]1CN(c2ccc(C(C)=O)cn2)C[C@H]1c1ccc(C)cc1. The summed E-state index contributed by atoms with van der Waals surface area (Å²) in [6.07, 6.45) is 1.62. The summed E-state index contributed by atoms with van der Waals surface area (Å²) < 4.78 is 0. The van der Waals surface area contributed by atoms with Gasteiger partial charge >= 0.3 is 0 Å². The highest BCUT2D eigenvalue weighted by Crippen LogP contribution is 2.30. The quantitative estimate of drug-likeness (QED) is 0.872. The molecule has 0 unspecified atom stereocenters. The molecule has 5 nitrogen and oxygen atoms in total. The fourth-order valence-corrected chi connectivity index (χ4v) is 3.33. The van der Waals surface area contributed by atoms with Crippen LogP contribution in [0.4, 0.5) is 5.82 Å². The normalized spacial score (nSPS) is 19.7. The van der Waals surface area contributed by atoms with Crippen molar-refractivity contribution in [1.29, 1.82) is 0 Å². The van der Waals surface area contributed by atoms with Crippen molar-refractivity contribution >= 4 is 17.5 Å². The van der Waals surface area contributed by atoms with Crippen molar-refractivity contribution in [2.45, 2.75) is 32.7 Å². The third kappa shape index (κ3) is 3.87. The lowest BCUT2D eigenvalue weighted by atomic mass is 9.93. The lowest BCUT2D eigenvalue weighted by Gasteiger charge is -2.19. The molecule has 1 aromatic carbocycles. The summed E-state index contributed by atoms with van der Waals surface area (Å²) in [5.74, 6) is 1.02. The van der Waals surface area contributed by atoms with Gasteiger partial charge in [0, 0.05) is 37.7 Å². The van der Waals surface area contributed by atoms with Crippen LogP contribution >= 0.6 is 0 Å². The zero-order chi connectivity index (χ0) is 18.0. The second kappa shape index (κ2) is 7.05. The van der Waals surface area contributed by atoms with Gasteiger partial charge in [-0.15, -0.1) is 0 Å². The summed E-state index contributed by atoms with van der Waals surface area (Å²) in [7, 11) is 0. The first-order valence-corrected chi connectivity index (χ1v) is 8.49. The number of rotatable bonds is 4. The van der Waals surface area contributed by atoms with Gasteiger partial charge in [0.15, 0.2) is 5.78 Å². The number of anilines is 1. The van der Waals surface area contributed by atoms with Crippen molar-refractivity contribution in [3.63, 3.8) is 0 Å². The Kier molecular flexibility index (Phi) is 4.83. The second-order valence-corrected chi connectivity index (χ2v) is 6.69. The van der Waals surface area contributed by atoms with Crippen LogP contribution in [0, 0.1) is 6.92 Å². The predicted octanol–water partition coefficient (Wildman–Crippen LogP) is 2.70. The zero-order valence-corrected chi connectivity index (χ0v) is 14.8. The molecular weight excluding hydrogens is 314 g/mol. The number of Topliss-reactive ketones (excluding diaryl/α,β-unsaturated/α-hetero) is 1. The Bertz CT molecular complexity index is 769. The average Bonchev–Trinajstić information content (AvgIpc) is 2.98. The van der Waals surface area contributed by atoms with Crippen molar-refractivity contribution in [3.8, 4) is 0 Å². The summed E-state index contributed by atoms with van der Waals surface area (Å²) >= 11 is 0. The van der Waals surface area contributed by atoms with Crippen LogP contribution in [0.2, 0.25) is 0 Å². The van der Waals surface area contributed by atoms with Crippen LogP contribution in [0.1, 0.15) is 41.3 Å². The van der Waals surface area contributed by atoms with Crippen molar-refractivity contribution in [1.82, 2.24) is 10.3 Å². The van der Waals surface area contributed by atoms with Crippen LogP contribution in [-0.4, -0.2) is 35.8 Å². The maximum absolute atomic E-state index is 11.6. The van der Waals surface area contributed by atoms with Crippen LogP contribution in [0.25, 0.3) is 0 Å². The summed E-state index contributed by atoms with van der Waals surface area (Å²) in [5.41, 5.74) is 3.04. The standard InChI is InChI=1S/C20H23N3O2/c1-13-4-6-16(7-5-13)18-11-23(12-19(18)22-15(3)25)20-9-8-17(10-21-20)14(2)24/h4-10,18-19H,11-12H2,1-3H3,(H,22,25)/t18-,19+/m0/s1. The number of nitrogens with zero attached hydrogens (tertiary/aromatic N) is 2. The Balaban J connectivity index is 1.84. The summed E-state index contributed by atoms with van der Waals surface area (Å²) in [6.45, 7) is 6.63. The van der Waals surface area contributed by atoms with E-state index in [1.54, 1.807) is 19.2 Å². The predicted molar refractivity (Wildman–Crippen MR) is 98.0 cm³/mol. The molecule has 0 spiro atoms. The van der Waals surface area contributed by atoms with E-state index in [0.29, 0.717) is 12.1 Å². The molecule has 1 saturated heterocycles. The first kappa shape index (κ1) is 17.1. The third-order valence-corrected chi connectivity index (χ3v) is 4.69. The van der Waals surface area contributed by atoms with E-state index in [4.69, 9.17) is 0 Å². The number of hydrogen-bond acceptors (Lipinski definition) is 4. The zero-order valence-electron chi connectivity index (χ0n) is 14.8. The van der Waals surface area contributed by atoms with Crippen LogP contribution in [-0.2, 0) is 4.79 Å². The highest BCUT2D eigenvalue weighted by atomic mass is 16.1. The lowest BCUT2D eigenvalue weighted by molar-refractivity contribution is -0.119. The van der Waals surface area contributed by atoms with Gasteiger partial charge in [-0.1, -0.05) is 29.8 Å². The monoisotopic (exact) mass is 337 g/mol. The Labute approximate surface area is 148 Å². The number of benzene rings is 1. The van der Waals surface area contributed by atoms with Gasteiger partial charge in [-0.2, -0.15) is 0 Å². The summed E-state index contributed by atoms with van der Waals surface area (Å²) in [4.78, 5) is 29.6. The maximum atomic E-state index is 11.6. The molecular formula is C20H23N3O2. The van der Waals surface area contributed by atoms with Crippen LogP contribution in [0.5, 0.6) is 0 Å². The molecule has 1 aliphatic rings. The topological polar surface area (TPSA) is 62.3 Å². The average molecular weight is 337 g/mol. The number of carbonyl (C=O) groups is 2. The van der Waals surface area contributed by atoms with Crippen molar-refractivity contribution in [2.75, 3.05) is 18.0 Å². The minimum atomic E-state index is -0.0242. The van der Waals surface area contributed by atoms with Gasteiger partial charge in [0.2, 0.25) is 5.91 Å². The van der Waals surface area contributed by atoms with Gasteiger partial charge in [-0.05, 0) is 31.5 Å². The van der Waals surface area contributed by atoms with Crippen molar-refractivity contribution < 1.29 is 9.59 Å². The third-order valence-electron chi connectivity index (χ3n) is 4.69. The molecule has 0 aliphatic carbocycles. The van der Waals surface area contributed by atoms with E-state index in [1.165, 1.54) is 18.1 Å². The molecule has 130 valence electrons. The Morgan fingerprint density at radius 1 is 1.08 bits per heavy atom. The molecule has 1 aromatic heterocycles. The Morgan fingerprint density at radius 2 is 1.80 bits per heavy atom. The molecule has 1 fully saturated rings. The first-order chi connectivity index (χ1) is 11.9. The molecule has 1 amide bonds. The van der Waals surface area contributed by atoms with Crippen LogP contribution in [0.3, 0.4) is 0 Å². The molecule has 5 heteroatoms. The number of aromatic nitrogens is 1. The van der Waals surface area contributed by atoms with Crippen molar-refractivity contribution in [3.05, 3.63) is 59.3 Å². The van der Waals surface area contributed by atoms with Crippen molar-refractivity contribution in [2.24, 2.45) is 0 Å². The molecule has 25 heavy (non-hydrogen) atoms.